The van der Waals surface area contributed by atoms with E-state index in [1.807, 2.05) is 0 Å². The molecule has 0 radical (unpaired) electrons. The summed E-state index contributed by atoms with van der Waals surface area (Å²) in [4.78, 5) is 15.8. The highest BCUT2D eigenvalue weighted by Gasteiger charge is 2.24. The highest BCUT2D eigenvalue weighted by atomic mass is 32.2. The molecular weight excluding hydrogens is 281 g/mol. The van der Waals surface area contributed by atoms with E-state index in [-0.39, 0.29) is 6.07 Å². The monoisotopic (exact) mass is 288 g/mol. The van der Waals surface area contributed by atoms with E-state index < -0.39 is 46.0 Å². The number of halogens is 2. The highest BCUT2D eigenvalue weighted by molar-refractivity contribution is 7.85. The molecule has 0 fully saturated rings. The first-order valence-corrected chi connectivity index (χ1v) is 7.24. The van der Waals surface area contributed by atoms with Crippen molar-refractivity contribution >= 4 is 17.7 Å². The quantitative estimate of drug-likeness (QED) is 0.562. The van der Waals surface area contributed by atoms with Gasteiger partial charge in [-0.05, 0) is 12.1 Å². The molecule has 6 nitrogen and oxygen atoms in total. The second kappa shape index (κ2) is 4.43. The van der Waals surface area contributed by atoms with Crippen molar-refractivity contribution in [3.63, 3.8) is 0 Å². The maximum atomic E-state index is 13.4. The van der Waals surface area contributed by atoms with Crippen molar-refractivity contribution in [3.05, 3.63) is 29.3 Å². The number of hydrogen-bond acceptors (Lipinski definition) is 3. The summed E-state index contributed by atoms with van der Waals surface area (Å²) >= 11 is 0. The molecule has 0 saturated carbocycles. The summed E-state index contributed by atoms with van der Waals surface area (Å²) in [6.07, 6.45) is -1.17. The lowest BCUT2D eigenvalue weighted by Crippen LogP contribution is -2.06. The maximum absolute atomic E-state index is 13.4. The van der Waals surface area contributed by atoms with E-state index in [1.54, 1.807) is 0 Å². The summed E-state index contributed by atoms with van der Waals surface area (Å²) in [5.41, 5.74) is -0.828. The van der Waals surface area contributed by atoms with E-state index in [9.17, 15) is 21.8 Å². The lowest BCUT2D eigenvalue weighted by Gasteiger charge is -2.08. The normalized spacial score (nSPS) is 12.8. The third kappa shape index (κ3) is 3.83. The van der Waals surface area contributed by atoms with Crippen LogP contribution in [-0.2, 0) is 20.8 Å². The smallest absolute Gasteiger partial charge is 0.324 e. The fourth-order valence-corrected chi connectivity index (χ4v) is 2.44. The Morgan fingerprint density at radius 3 is 2.18 bits per heavy atom. The van der Waals surface area contributed by atoms with Gasteiger partial charge in [-0.1, -0.05) is 0 Å². The molecule has 17 heavy (non-hydrogen) atoms. The topological polar surface area (TPSA) is 112 Å². The Bertz CT molecular complexity index is 593. The third-order valence-electron chi connectivity index (χ3n) is 1.73. The van der Waals surface area contributed by atoms with Crippen LogP contribution in [0.15, 0.2) is 17.0 Å². The Kier molecular flexibility index (Phi) is 3.70. The van der Waals surface area contributed by atoms with Crippen LogP contribution in [-0.4, -0.2) is 22.8 Å². The Labute approximate surface area is 94.8 Å². The molecule has 0 spiro atoms. The van der Waals surface area contributed by atoms with Gasteiger partial charge in [-0.3, -0.25) is 9.12 Å². The molecule has 0 aliphatic carbocycles. The summed E-state index contributed by atoms with van der Waals surface area (Å²) < 4.78 is 66.9. The molecule has 0 atom stereocenters. The predicted molar refractivity (Wildman–Crippen MR) is 51.9 cm³/mol. The summed E-state index contributed by atoms with van der Waals surface area (Å²) in [5.74, 6) is -2.82. The summed E-state index contributed by atoms with van der Waals surface area (Å²) in [7, 11) is -9.69. The Morgan fingerprint density at radius 1 is 1.24 bits per heavy atom. The van der Waals surface area contributed by atoms with Crippen LogP contribution in [0.5, 0.6) is 0 Å². The van der Waals surface area contributed by atoms with Crippen LogP contribution in [0.25, 0.3) is 0 Å². The average molecular weight is 288 g/mol. The van der Waals surface area contributed by atoms with Gasteiger partial charge >= 0.3 is 7.60 Å². The molecule has 0 heterocycles. The fraction of sp³-hybridized carbons (Fsp3) is 0.143. The van der Waals surface area contributed by atoms with Gasteiger partial charge in [0.05, 0.1) is 6.16 Å². The van der Waals surface area contributed by atoms with E-state index in [1.165, 1.54) is 0 Å². The van der Waals surface area contributed by atoms with Gasteiger partial charge in [0, 0.05) is 5.56 Å². The van der Waals surface area contributed by atoms with E-state index >= 15 is 0 Å². The van der Waals surface area contributed by atoms with E-state index in [0.717, 1.165) is 0 Å². The minimum Gasteiger partial charge on any atom is -0.324 e. The molecule has 0 aliphatic heterocycles. The first kappa shape index (κ1) is 14.2. The largest absolute Gasteiger partial charge is 0.330 e. The minimum absolute atomic E-state index is 0.216. The number of rotatable bonds is 3. The van der Waals surface area contributed by atoms with Crippen molar-refractivity contribution < 1.29 is 36.1 Å². The van der Waals surface area contributed by atoms with Crippen LogP contribution in [0.4, 0.5) is 8.78 Å². The van der Waals surface area contributed by atoms with Gasteiger partial charge in [0.15, 0.2) is 0 Å². The molecule has 0 unspecified atom stereocenters. The first-order chi connectivity index (χ1) is 7.50. The number of hydrogen-bond donors (Lipinski definition) is 3. The Balaban J connectivity index is 3.45. The van der Waals surface area contributed by atoms with Crippen LogP contribution < -0.4 is 0 Å². The van der Waals surface area contributed by atoms with Gasteiger partial charge in [0.1, 0.15) is 16.5 Å². The molecule has 1 rings (SSSR count). The predicted octanol–water partition coefficient (Wildman–Crippen LogP) is 0.889. The van der Waals surface area contributed by atoms with Crippen LogP contribution >= 0.6 is 7.60 Å². The van der Waals surface area contributed by atoms with Crippen molar-refractivity contribution in [2.45, 2.75) is 11.1 Å². The zero-order chi connectivity index (χ0) is 13.4. The standard InChI is InChI=1S/C7H7F2O6PS/c8-5-1-4(3-16(10,11)12)7(9)6(2-5)17(13,14)15/h1-2H,3H2,(H2,10,11,12)(H,13,14,15). The van der Waals surface area contributed by atoms with Crippen molar-refractivity contribution in [2.75, 3.05) is 0 Å². The van der Waals surface area contributed by atoms with Gasteiger partial charge < -0.3 is 9.79 Å². The first-order valence-electron chi connectivity index (χ1n) is 4.01. The van der Waals surface area contributed by atoms with Gasteiger partial charge in [-0.2, -0.15) is 8.42 Å². The van der Waals surface area contributed by atoms with E-state index in [4.69, 9.17) is 14.3 Å². The second-order valence-electron chi connectivity index (χ2n) is 3.17. The molecule has 1 aromatic rings. The Morgan fingerprint density at radius 2 is 1.76 bits per heavy atom. The van der Waals surface area contributed by atoms with Gasteiger partial charge in [0.25, 0.3) is 10.1 Å². The summed E-state index contributed by atoms with van der Waals surface area (Å²) in [6, 6.07) is 0.664. The minimum atomic E-state index is -5.00. The maximum Gasteiger partial charge on any atom is 0.330 e. The summed E-state index contributed by atoms with van der Waals surface area (Å²) in [5, 5.41) is 0. The highest BCUT2D eigenvalue weighted by Crippen LogP contribution is 2.40. The molecule has 0 amide bonds. The molecule has 0 saturated heterocycles. The van der Waals surface area contributed by atoms with Gasteiger partial charge in [-0.25, -0.2) is 8.78 Å². The van der Waals surface area contributed by atoms with E-state index in [2.05, 4.69) is 0 Å². The molecule has 3 N–H and O–H groups in total. The SMILES string of the molecule is O=P(O)(O)Cc1cc(F)cc(S(=O)(=O)O)c1F. The molecule has 96 valence electrons. The van der Waals surface area contributed by atoms with Crippen molar-refractivity contribution in [2.24, 2.45) is 0 Å². The lowest BCUT2D eigenvalue weighted by molar-refractivity contribution is 0.370. The zero-order valence-electron chi connectivity index (χ0n) is 8.04. The van der Waals surface area contributed by atoms with Crippen LogP contribution in [0.3, 0.4) is 0 Å². The van der Waals surface area contributed by atoms with Gasteiger partial charge in [0.2, 0.25) is 0 Å². The molecule has 0 aliphatic rings. The second-order valence-corrected chi connectivity index (χ2v) is 6.21. The van der Waals surface area contributed by atoms with Crippen molar-refractivity contribution in [3.8, 4) is 0 Å². The van der Waals surface area contributed by atoms with Crippen LogP contribution in [0.1, 0.15) is 5.56 Å². The lowest BCUT2D eigenvalue weighted by atomic mass is 10.2. The van der Waals surface area contributed by atoms with E-state index in [0.29, 0.717) is 6.07 Å². The third-order valence-corrected chi connectivity index (χ3v) is 3.34. The Hall–Kier alpha value is -0.860. The molecule has 10 heteroatoms. The zero-order valence-corrected chi connectivity index (χ0v) is 9.75. The van der Waals surface area contributed by atoms with Crippen molar-refractivity contribution in [1.82, 2.24) is 0 Å². The molecule has 0 aromatic heterocycles. The van der Waals surface area contributed by atoms with Crippen LogP contribution in [0, 0.1) is 11.6 Å². The van der Waals surface area contributed by atoms with Gasteiger partial charge in [-0.15, -0.1) is 0 Å². The van der Waals surface area contributed by atoms with Crippen LogP contribution in [0.2, 0.25) is 0 Å². The van der Waals surface area contributed by atoms with Crippen molar-refractivity contribution in [1.29, 1.82) is 0 Å². The molecule has 1 aromatic carbocycles. The fourth-order valence-electron chi connectivity index (χ4n) is 1.14. The summed E-state index contributed by atoms with van der Waals surface area (Å²) in [6.45, 7) is 0. The molecule has 0 bridgehead atoms. The number of benzene rings is 1. The molecular formula is C7H7F2O6PS. The average Bonchev–Trinajstić information content (AvgIpc) is 2.06.